The average molecular weight is 419 g/mol. The smallest absolute Gasteiger partial charge is 0.405 e. The van der Waals surface area contributed by atoms with Crippen molar-refractivity contribution < 1.29 is 28.7 Å². The largest absolute Gasteiger partial charge is 0.447 e. The molecule has 164 valence electrons. The zero-order valence-electron chi connectivity index (χ0n) is 18.1. The molecule has 1 aliphatic heterocycles. The number of nitrogens with two attached hydrogens (primary N) is 2. The number of hydrogen-bond donors (Lipinski definition) is 2. The van der Waals surface area contributed by atoms with Gasteiger partial charge in [0.25, 0.3) is 11.8 Å². The second kappa shape index (κ2) is 7.62. The van der Waals surface area contributed by atoms with E-state index in [2.05, 4.69) is 0 Å². The number of carbonyl (C=O) groups excluding carboxylic acids is 4. The fourth-order valence-corrected chi connectivity index (χ4v) is 4.68. The summed E-state index contributed by atoms with van der Waals surface area (Å²) in [5.41, 5.74) is 7.81. The molecule has 0 bridgehead atoms. The van der Waals surface area contributed by atoms with Gasteiger partial charge in [0.15, 0.2) is 0 Å². The molecule has 0 radical (unpaired) electrons. The van der Waals surface area contributed by atoms with E-state index in [0.717, 1.165) is 4.90 Å². The van der Waals surface area contributed by atoms with Crippen molar-refractivity contribution in [3.05, 3.63) is 35.4 Å². The maximum atomic E-state index is 13.2. The molecule has 0 saturated heterocycles. The van der Waals surface area contributed by atoms with Crippen LogP contribution in [0.1, 0.15) is 62.3 Å². The Labute approximate surface area is 175 Å². The lowest BCUT2D eigenvalue weighted by atomic mass is 9.58. The standard InChI is InChI=1S/C21H29N3O6/c1-19(2,3)21(20(4,5)6,30-18(23)28)14(11-29-17(22)27)24-15(25)12-9-7-8-10-13(12)16(24)26/h7-10,14H,11H2,1-6H3,(H2,22,27)(H2,23,28). The van der Waals surface area contributed by atoms with Crippen LogP contribution in [0.5, 0.6) is 0 Å². The van der Waals surface area contributed by atoms with Gasteiger partial charge in [0.1, 0.15) is 18.2 Å². The zero-order chi connectivity index (χ0) is 23.1. The van der Waals surface area contributed by atoms with Gasteiger partial charge in [0, 0.05) is 10.8 Å². The van der Waals surface area contributed by atoms with E-state index in [1.165, 1.54) is 12.1 Å². The van der Waals surface area contributed by atoms with Crippen molar-refractivity contribution >= 4 is 24.0 Å². The Kier molecular flexibility index (Phi) is 5.89. The highest BCUT2D eigenvalue weighted by Crippen LogP contribution is 2.51. The van der Waals surface area contributed by atoms with Crippen LogP contribution in [0.3, 0.4) is 0 Å². The van der Waals surface area contributed by atoms with E-state index in [0.29, 0.717) is 0 Å². The number of carbonyl (C=O) groups is 4. The first-order valence-corrected chi connectivity index (χ1v) is 9.52. The summed E-state index contributed by atoms with van der Waals surface area (Å²) in [5.74, 6) is -1.17. The van der Waals surface area contributed by atoms with E-state index >= 15 is 0 Å². The molecule has 1 aromatic rings. The number of imide groups is 1. The van der Waals surface area contributed by atoms with E-state index in [4.69, 9.17) is 20.9 Å². The van der Waals surface area contributed by atoms with E-state index in [1.807, 2.05) is 0 Å². The molecule has 4 amide bonds. The van der Waals surface area contributed by atoms with Crippen molar-refractivity contribution in [2.75, 3.05) is 6.61 Å². The van der Waals surface area contributed by atoms with Gasteiger partial charge in [-0.15, -0.1) is 0 Å². The molecule has 1 atom stereocenters. The van der Waals surface area contributed by atoms with Crippen LogP contribution in [0, 0.1) is 10.8 Å². The number of rotatable bonds is 5. The van der Waals surface area contributed by atoms with E-state index < -0.39 is 53.1 Å². The monoisotopic (exact) mass is 419 g/mol. The molecule has 9 heteroatoms. The second-order valence-electron chi connectivity index (χ2n) is 9.33. The molecular formula is C21H29N3O6. The van der Waals surface area contributed by atoms with Crippen molar-refractivity contribution in [1.29, 1.82) is 0 Å². The first-order valence-electron chi connectivity index (χ1n) is 9.52. The van der Waals surface area contributed by atoms with Crippen LogP contribution in [-0.4, -0.2) is 47.2 Å². The van der Waals surface area contributed by atoms with Gasteiger partial charge in [-0.3, -0.25) is 14.5 Å². The van der Waals surface area contributed by atoms with Gasteiger partial charge < -0.3 is 20.9 Å². The van der Waals surface area contributed by atoms with Gasteiger partial charge in [0.2, 0.25) is 0 Å². The number of amides is 4. The Morgan fingerprint density at radius 2 is 1.33 bits per heavy atom. The number of fused-ring (bicyclic) bond motifs is 1. The SMILES string of the molecule is CC(C)(C)C(OC(N)=O)(C(COC(N)=O)N1C(=O)c2ccccc2C1=O)C(C)(C)C. The summed E-state index contributed by atoms with van der Waals surface area (Å²) < 4.78 is 10.8. The lowest BCUT2D eigenvalue weighted by Crippen LogP contribution is -2.70. The van der Waals surface area contributed by atoms with E-state index in [1.54, 1.807) is 53.7 Å². The van der Waals surface area contributed by atoms with Crippen LogP contribution in [0.15, 0.2) is 24.3 Å². The first-order chi connectivity index (χ1) is 13.6. The van der Waals surface area contributed by atoms with E-state index in [-0.39, 0.29) is 11.1 Å². The second-order valence-corrected chi connectivity index (χ2v) is 9.33. The summed E-state index contributed by atoms with van der Waals surface area (Å²) in [4.78, 5) is 50.9. The number of benzene rings is 1. The van der Waals surface area contributed by atoms with Crippen molar-refractivity contribution in [2.24, 2.45) is 22.3 Å². The molecule has 0 spiro atoms. The Hall–Kier alpha value is -3.10. The molecule has 30 heavy (non-hydrogen) atoms. The summed E-state index contributed by atoms with van der Waals surface area (Å²) in [6.07, 6.45) is -2.17. The number of primary amides is 2. The zero-order valence-corrected chi connectivity index (χ0v) is 18.1. The minimum Gasteiger partial charge on any atom is -0.447 e. The first kappa shape index (κ1) is 23.2. The van der Waals surface area contributed by atoms with Crippen LogP contribution in [0.25, 0.3) is 0 Å². The van der Waals surface area contributed by atoms with Gasteiger partial charge in [-0.1, -0.05) is 53.7 Å². The fraction of sp³-hybridized carbons (Fsp3) is 0.524. The normalized spacial score (nSPS) is 15.6. The summed E-state index contributed by atoms with van der Waals surface area (Å²) in [5, 5.41) is 0. The third-order valence-electron chi connectivity index (χ3n) is 5.48. The molecule has 0 aliphatic carbocycles. The molecule has 1 aromatic carbocycles. The highest BCUT2D eigenvalue weighted by atomic mass is 16.6. The van der Waals surface area contributed by atoms with Gasteiger partial charge in [-0.2, -0.15) is 0 Å². The van der Waals surface area contributed by atoms with Crippen LogP contribution in [-0.2, 0) is 9.47 Å². The third kappa shape index (κ3) is 3.71. The lowest BCUT2D eigenvalue weighted by molar-refractivity contribution is -0.179. The Bertz CT molecular complexity index is 832. The molecule has 4 N–H and O–H groups in total. The van der Waals surface area contributed by atoms with Crippen LogP contribution in [0.2, 0.25) is 0 Å². The predicted molar refractivity (Wildman–Crippen MR) is 109 cm³/mol. The highest BCUT2D eigenvalue weighted by Gasteiger charge is 2.63. The Balaban J connectivity index is 2.78. The molecule has 0 saturated carbocycles. The number of hydrogen-bond acceptors (Lipinski definition) is 6. The van der Waals surface area contributed by atoms with Crippen LogP contribution in [0.4, 0.5) is 9.59 Å². The van der Waals surface area contributed by atoms with Gasteiger partial charge in [0.05, 0.1) is 11.1 Å². The predicted octanol–water partition coefficient (Wildman–Crippen LogP) is 2.67. The maximum Gasteiger partial charge on any atom is 0.405 e. The minimum atomic E-state index is -1.53. The van der Waals surface area contributed by atoms with Gasteiger partial charge in [-0.05, 0) is 12.1 Å². The molecule has 1 aliphatic rings. The summed E-state index contributed by atoms with van der Waals surface area (Å²) >= 11 is 0. The van der Waals surface area contributed by atoms with Crippen molar-refractivity contribution in [1.82, 2.24) is 4.90 Å². The van der Waals surface area contributed by atoms with Crippen LogP contribution < -0.4 is 11.5 Å². The fourth-order valence-electron chi connectivity index (χ4n) is 4.68. The van der Waals surface area contributed by atoms with E-state index in [9.17, 15) is 19.2 Å². The number of ether oxygens (including phenoxy) is 2. The lowest BCUT2D eigenvalue weighted by Gasteiger charge is -2.56. The summed E-state index contributed by atoms with van der Waals surface area (Å²) in [7, 11) is 0. The summed E-state index contributed by atoms with van der Waals surface area (Å²) in [6, 6.07) is 5.16. The van der Waals surface area contributed by atoms with Gasteiger partial charge in [-0.25, -0.2) is 9.59 Å². The van der Waals surface area contributed by atoms with Gasteiger partial charge >= 0.3 is 12.2 Å². The molecule has 1 heterocycles. The maximum absolute atomic E-state index is 13.2. The molecule has 0 aromatic heterocycles. The molecule has 2 rings (SSSR count). The van der Waals surface area contributed by atoms with Crippen molar-refractivity contribution in [2.45, 2.75) is 53.2 Å². The van der Waals surface area contributed by atoms with Crippen molar-refractivity contribution in [3.8, 4) is 0 Å². The third-order valence-corrected chi connectivity index (χ3v) is 5.48. The quantitative estimate of drug-likeness (QED) is 0.703. The molecular weight excluding hydrogens is 390 g/mol. The molecule has 1 unspecified atom stereocenters. The Morgan fingerprint density at radius 1 is 0.900 bits per heavy atom. The summed E-state index contributed by atoms with van der Waals surface area (Å²) in [6.45, 7) is 10.3. The topological polar surface area (TPSA) is 142 Å². The van der Waals surface area contributed by atoms with Crippen LogP contribution >= 0.6 is 0 Å². The number of nitrogens with zero attached hydrogens (tertiary/aromatic N) is 1. The van der Waals surface area contributed by atoms with Crippen molar-refractivity contribution in [3.63, 3.8) is 0 Å². The highest BCUT2D eigenvalue weighted by molar-refractivity contribution is 6.21. The minimum absolute atomic E-state index is 0.211. The Morgan fingerprint density at radius 3 is 1.67 bits per heavy atom. The average Bonchev–Trinajstić information content (AvgIpc) is 2.83. The molecule has 9 nitrogen and oxygen atoms in total. The molecule has 0 fully saturated rings.